The Balaban J connectivity index is 1.47. The molecule has 0 unspecified atom stereocenters. The lowest BCUT2D eigenvalue weighted by atomic mass is 10.2. The molecule has 8 heteroatoms. The fraction of sp³-hybridized carbons (Fsp3) is 0.235. The number of nitrogens with zero attached hydrogens (tertiary/aromatic N) is 3. The summed E-state index contributed by atoms with van der Waals surface area (Å²) in [6.07, 6.45) is 3.20. The van der Waals surface area contributed by atoms with Gasteiger partial charge >= 0.3 is 6.03 Å². The van der Waals surface area contributed by atoms with Crippen molar-refractivity contribution in [1.82, 2.24) is 20.1 Å². The second-order valence-corrected chi connectivity index (χ2v) is 5.44. The predicted molar refractivity (Wildman–Crippen MR) is 90.5 cm³/mol. The molecule has 2 N–H and O–H groups in total. The Morgan fingerprint density at radius 2 is 2.20 bits per heavy atom. The molecule has 0 saturated heterocycles. The van der Waals surface area contributed by atoms with E-state index >= 15 is 0 Å². The maximum atomic E-state index is 12.0. The van der Waals surface area contributed by atoms with Gasteiger partial charge in [-0.05, 0) is 29.8 Å². The normalized spacial score (nSPS) is 10.6. The van der Waals surface area contributed by atoms with E-state index in [2.05, 4.69) is 20.8 Å². The van der Waals surface area contributed by atoms with Crippen molar-refractivity contribution in [3.05, 3.63) is 66.1 Å². The summed E-state index contributed by atoms with van der Waals surface area (Å²) in [7, 11) is 1.82. The minimum atomic E-state index is -0.309. The van der Waals surface area contributed by atoms with Crippen LogP contribution >= 0.6 is 0 Å². The van der Waals surface area contributed by atoms with Gasteiger partial charge < -0.3 is 24.4 Å². The van der Waals surface area contributed by atoms with Crippen LogP contribution < -0.4 is 10.6 Å². The van der Waals surface area contributed by atoms with Crippen molar-refractivity contribution in [3.63, 3.8) is 0 Å². The molecule has 0 atom stereocenters. The Kier molecular flexibility index (Phi) is 5.43. The number of hydrogen-bond acceptors (Lipinski definition) is 5. The molecule has 2 heterocycles. The van der Waals surface area contributed by atoms with Crippen molar-refractivity contribution in [1.29, 1.82) is 0 Å². The first-order valence-corrected chi connectivity index (χ1v) is 7.77. The van der Waals surface area contributed by atoms with Crippen LogP contribution in [0.5, 0.6) is 0 Å². The highest BCUT2D eigenvalue weighted by molar-refractivity contribution is 5.89. The SMILES string of the molecule is Cn1cnnc1CNC(=O)Nc1cccc(COCc2ccco2)c1. The molecule has 2 aromatic heterocycles. The van der Waals surface area contributed by atoms with Crippen molar-refractivity contribution in [2.75, 3.05) is 5.32 Å². The van der Waals surface area contributed by atoms with Crippen LogP contribution in [0.2, 0.25) is 0 Å². The molecule has 0 radical (unpaired) electrons. The van der Waals surface area contributed by atoms with Gasteiger partial charge in [-0.15, -0.1) is 10.2 Å². The van der Waals surface area contributed by atoms with E-state index in [1.807, 2.05) is 43.4 Å². The van der Waals surface area contributed by atoms with Crippen LogP contribution in [0.15, 0.2) is 53.4 Å². The van der Waals surface area contributed by atoms with E-state index in [4.69, 9.17) is 9.15 Å². The number of carbonyl (C=O) groups is 1. The summed E-state index contributed by atoms with van der Waals surface area (Å²) in [4.78, 5) is 12.0. The first-order chi connectivity index (χ1) is 12.2. The molecule has 3 rings (SSSR count). The summed E-state index contributed by atoms with van der Waals surface area (Å²) in [6, 6.07) is 10.9. The third kappa shape index (κ3) is 4.92. The van der Waals surface area contributed by atoms with Crippen LogP contribution in [0.3, 0.4) is 0 Å². The van der Waals surface area contributed by atoms with Gasteiger partial charge in [0.2, 0.25) is 0 Å². The summed E-state index contributed by atoms with van der Waals surface area (Å²) in [6.45, 7) is 1.13. The average Bonchev–Trinajstić information content (AvgIpc) is 3.25. The number of carbonyl (C=O) groups excluding carboxylic acids is 1. The standard InChI is InChI=1S/C17H19N5O3/c1-22-12-19-21-16(22)9-18-17(23)20-14-5-2-4-13(8-14)10-24-11-15-6-3-7-25-15/h2-8,12H,9-11H2,1H3,(H2,18,20,23). The fourth-order valence-electron chi connectivity index (χ4n) is 2.20. The van der Waals surface area contributed by atoms with E-state index in [1.165, 1.54) is 0 Å². The lowest BCUT2D eigenvalue weighted by Gasteiger charge is -2.09. The Morgan fingerprint density at radius 3 is 2.96 bits per heavy atom. The molecule has 0 aliphatic heterocycles. The number of aromatic nitrogens is 3. The molecule has 3 aromatic rings. The van der Waals surface area contributed by atoms with E-state index in [0.29, 0.717) is 31.3 Å². The van der Waals surface area contributed by atoms with E-state index in [1.54, 1.807) is 17.2 Å². The molecule has 0 aliphatic carbocycles. The molecule has 0 saturated carbocycles. The molecule has 0 aliphatic rings. The van der Waals surface area contributed by atoms with Gasteiger partial charge in [-0.3, -0.25) is 0 Å². The number of nitrogens with one attached hydrogen (secondary N) is 2. The molecule has 0 spiro atoms. The second kappa shape index (κ2) is 8.11. The van der Waals surface area contributed by atoms with Gasteiger partial charge in [-0.1, -0.05) is 12.1 Å². The van der Waals surface area contributed by atoms with Crippen molar-refractivity contribution in [2.24, 2.45) is 7.05 Å². The van der Waals surface area contributed by atoms with Gasteiger partial charge in [-0.2, -0.15) is 0 Å². The largest absolute Gasteiger partial charge is 0.467 e. The number of ether oxygens (including phenoxy) is 1. The molecule has 0 fully saturated rings. The topological polar surface area (TPSA) is 94.2 Å². The highest BCUT2D eigenvalue weighted by atomic mass is 16.5. The van der Waals surface area contributed by atoms with Crippen LogP contribution in [-0.2, 0) is 31.5 Å². The Hall–Kier alpha value is -3.13. The smallest absolute Gasteiger partial charge is 0.319 e. The van der Waals surface area contributed by atoms with Gasteiger partial charge in [0, 0.05) is 12.7 Å². The van der Waals surface area contributed by atoms with Crippen LogP contribution in [0.1, 0.15) is 17.1 Å². The molecule has 130 valence electrons. The van der Waals surface area contributed by atoms with E-state index in [0.717, 1.165) is 11.3 Å². The van der Waals surface area contributed by atoms with Gasteiger partial charge in [0.15, 0.2) is 5.82 Å². The predicted octanol–water partition coefficient (Wildman–Crippen LogP) is 2.45. The van der Waals surface area contributed by atoms with Crippen molar-refractivity contribution in [3.8, 4) is 0 Å². The number of rotatable bonds is 7. The van der Waals surface area contributed by atoms with Gasteiger partial charge in [0.05, 0.1) is 19.4 Å². The van der Waals surface area contributed by atoms with Crippen LogP contribution in [0.4, 0.5) is 10.5 Å². The van der Waals surface area contributed by atoms with Gasteiger partial charge in [0.1, 0.15) is 18.7 Å². The number of anilines is 1. The summed E-state index contributed by atoms with van der Waals surface area (Å²) in [5, 5.41) is 13.2. The maximum absolute atomic E-state index is 12.0. The number of furan rings is 1. The highest BCUT2D eigenvalue weighted by Crippen LogP contribution is 2.13. The fourth-order valence-corrected chi connectivity index (χ4v) is 2.20. The summed E-state index contributed by atoms with van der Waals surface area (Å²) in [5.74, 6) is 1.45. The zero-order valence-electron chi connectivity index (χ0n) is 13.8. The van der Waals surface area contributed by atoms with E-state index in [9.17, 15) is 4.79 Å². The first-order valence-electron chi connectivity index (χ1n) is 7.77. The summed E-state index contributed by atoms with van der Waals surface area (Å²) < 4.78 is 12.6. The van der Waals surface area contributed by atoms with E-state index < -0.39 is 0 Å². The number of benzene rings is 1. The molecule has 8 nitrogen and oxygen atoms in total. The van der Waals surface area contributed by atoms with Crippen molar-refractivity contribution < 1.29 is 13.9 Å². The quantitative estimate of drug-likeness (QED) is 0.688. The number of hydrogen-bond donors (Lipinski definition) is 2. The minimum absolute atomic E-state index is 0.300. The Morgan fingerprint density at radius 1 is 1.28 bits per heavy atom. The summed E-state index contributed by atoms with van der Waals surface area (Å²) >= 11 is 0. The molecule has 25 heavy (non-hydrogen) atoms. The zero-order chi connectivity index (χ0) is 17.5. The molecular weight excluding hydrogens is 322 g/mol. The van der Waals surface area contributed by atoms with Gasteiger partial charge in [0.25, 0.3) is 0 Å². The number of aryl methyl sites for hydroxylation is 1. The zero-order valence-corrected chi connectivity index (χ0v) is 13.8. The molecular formula is C17H19N5O3. The lowest BCUT2D eigenvalue weighted by Crippen LogP contribution is -2.29. The van der Waals surface area contributed by atoms with Gasteiger partial charge in [-0.25, -0.2) is 4.79 Å². The van der Waals surface area contributed by atoms with Crippen molar-refractivity contribution >= 4 is 11.7 Å². The van der Waals surface area contributed by atoms with E-state index in [-0.39, 0.29) is 6.03 Å². The maximum Gasteiger partial charge on any atom is 0.319 e. The molecule has 0 bridgehead atoms. The molecule has 1 aromatic carbocycles. The number of amides is 2. The first kappa shape index (κ1) is 16.7. The second-order valence-electron chi connectivity index (χ2n) is 5.44. The Bertz CT molecular complexity index is 813. The highest BCUT2D eigenvalue weighted by Gasteiger charge is 2.06. The average molecular weight is 341 g/mol. The minimum Gasteiger partial charge on any atom is -0.467 e. The lowest BCUT2D eigenvalue weighted by molar-refractivity contribution is 0.0930. The Labute approximate surface area is 144 Å². The third-order valence-electron chi connectivity index (χ3n) is 3.49. The monoisotopic (exact) mass is 341 g/mol. The van der Waals surface area contributed by atoms with Crippen LogP contribution in [0, 0.1) is 0 Å². The van der Waals surface area contributed by atoms with Crippen LogP contribution in [-0.4, -0.2) is 20.8 Å². The third-order valence-corrected chi connectivity index (χ3v) is 3.49. The summed E-state index contributed by atoms with van der Waals surface area (Å²) in [5.41, 5.74) is 1.65. The van der Waals surface area contributed by atoms with Crippen molar-refractivity contribution in [2.45, 2.75) is 19.8 Å². The van der Waals surface area contributed by atoms with Crippen LogP contribution in [0.25, 0.3) is 0 Å². The number of urea groups is 1. The molecule has 2 amide bonds.